The average Bonchev–Trinajstić information content (AvgIpc) is 2.60. The second-order valence-electron chi connectivity index (χ2n) is 6.64. The third-order valence-electron chi connectivity index (χ3n) is 4.59. The Hall–Kier alpha value is -2.71. The first-order chi connectivity index (χ1) is 12.7. The number of carbonyl (C=O) groups excluding carboxylic acids is 2. The second-order valence-corrected chi connectivity index (χ2v) is 8.66. The topological polar surface area (TPSA) is 110 Å². The Balaban J connectivity index is 1.70. The van der Waals surface area contributed by atoms with Crippen molar-refractivity contribution in [1.29, 1.82) is 0 Å². The normalized spacial score (nSPS) is 17.1. The van der Waals surface area contributed by atoms with Gasteiger partial charge >= 0.3 is 0 Å². The van der Waals surface area contributed by atoms with Gasteiger partial charge in [-0.3, -0.25) is 14.5 Å². The van der Waals surface area contributed by atoms with Gasteiger partial charge in [-0.05, 0) is 41.8 Å². The smallest absolute Gasteiger partial charge is 0.238 e. The molecule has 1 heterocycles. The number of rotatable bonds is 5. The molecule has 0 radical (unpaired) electrons. The van der Waals surface area contributed by atoms with Crippen LogP contribution in [0, 0.1) is 0 Å². The quantitative estimate of drug-likeness (QED) is 0.794. The zero-order valence-corrected chi connectivity index (χ0v) is 15.7. The van der Waals surface area contributed by atoms with Crippen molar-refractivity contribution in [3.05, 3.63) is 59.7 Å². The van der Waals surface area contributed by atoms with Gasteiger partial charge in [-0.1, -0.05) is 24.3 Å². The fraction of sp³-hybridized carbons (Fsp3) is 0.263. The van der Waals surface area contributed by atoms with Gasteiger partial charge in [0.2, 0.25) is 11.8 Å². The number of fused-ring (bicyclic) bond motifs is 1. The molecule has 8 heteroatoms. The maximum Gasteiger partial charge on any atom is 0.238 e. The molecule has 0 fully saturated rings. The van der Waals surface area contributed by atoms with E-state index in [2.05, 4.69) is 5.32 Å². The zero-order valence-electron chi connectivity index (χ0n) is 14.9. The zero-order chi connectivity index (χ0) is 19.6. The summed E-state index contributed by atoms with van der Waals surface area (Å²) in [5.41, 5.74) is 8.15. The highest BCUT2D eigenvalue weighted by Gasteiger charge is 2.31. The Labute approximate surface area is 158 Å². The highest BCUT2D eigenvalue weighted by atomic mass is 32.2. The number of nitrogens with zero attached hydrogens (tertiary/aromatic N) is 1. The third-order valence-corrected chi connectivity index (χ3v) is 5.72. The predicted octanol–water partition coefficient (Wildman–Crippen LogP) is 0.941. The number of sulfone groups is 1. The fourth-order valence-electron chi connectivity index (χ4n) is 3.19. The van der Waals surface area contributed by atoms with Gasteiger partial charge < -0.3 is 11.1 Å². The molecular formula is C19H21N3O4S. The van der Waals surface area contributed by atoms with E-state index in [1.807, 2.05) is 24.3 Å². The molecule has 1 aliphatic heterocycles. The van der Waals surface area contributed by atoms with Crippen molar-refractivity contribution in [1.82, 2.24) is 4.90 Å². The summed E-state index contributed by atoms with van der Waals surface area (Å²) in [5.74, 6) is -0.762. The number of primary amides is 1. The summed E-state index contributed by atoms with van der Waals surface area (Å²) >= 11 is 0. The maximum atomic E-state index is 12.4. The number of nitrogens with one attached hydrogen (secondary N) is 1. The molecule has 1 atom stereocenters. The lowest BCUT2D eigenvalue weighted by Gasteiger charge is -2.34. The summed E-state index contributed by atoms with van der Waals surface area (Å²) in [4.78, 5) is 26.2. The molecule has 0 spiro atoms. The van der Waals surface area contributed by atoms with Crippen molar-refractivity contribution in [3.63, 3.8) is 0 Å². The van der Waals surface area contributed by atoms with E-state index in [0.717, 1.165) is 17.4 Å². The van der Waals surface area contributed by atoms with Crippen LogP contribution in [-0.4, -0.2) is 44.0 Å². The van der Waals surface area contributed by atoms with Crippen LogP contribution in [0.25, 0.3) is 0 Å². The molecule has 2 aromatic carbocycles. The summed E-state index contributed by atoms with van der Waals surface area (Å²) in [6.45, 7) is 0.472. The largest absolute Gasteiger partial charge is 0.368 e. The summed E-state index contributed by atoms with van der Waals surface area (Å²) in [6.07, 6.45) is 1.60. The fourth-order valence-corrected chi connectivity index (χ4v) is 3.82. The molecule has 27 heavy (non-hydrogen) atoms. The molecule has 0 aliphatic carbocycles. The second kappa shape index (κ2) is 7.50. The predicted molar refractivity (Wildman–Crippen MR) is 102 cm³/mol. The van der Waals surface area contributed by atoms with Gasteiger partial charge in [0.15, 0.2) is 9.84 Å². The van der Waals surface area contributed by atoms with Crippen molar-refractivity contribution in [3.8, 4) is 0 Å². The molecule has 2 aromatic rings. The van der Waals surface area contributed by atoms with E-state index in [4.69, 9.17) is 5.73 Å². The molecule has 0 bridgehead atoms. The first kappa shape index (κ1) is 19.1. The number of anilines is 1. The lowest BCUT2D eigenvalue weighted by molar-refractivity contribution is -0.125. The van der Waals surface area contributed by atoms with Gasteiger partial charge in [0.05, 0.1) is 17.5 Å². The summed E-state index contributed by atoms with van der Waals surface area (Å²) in [5, 5.41) is 2.72. The van der Waals surface area contributed by atoms with E-state index in [1.165, 1.54) is 24.3 Å². The summed E-state index contributed by atoms with van der Waals surface area (Å²) in [7, 11) is -3.29. The first-order valence-electron chi connectivity index (χ1n) is 8.44. The lowest BCUT2D eigenvalue weighted by Crippen LogP contribution is -2.50. The Bertz CT molecular complexity index is 971. The van der Waals surface area contributed by atoms with Gasteiger partial charge in [0.1, 0.15) is 0 Å². The van der Waals surface area contributed by atoms with Crippen LogP contribution in [0.2, 0.25) is 0 Å². The van der Waals surface area contributed by atoms with Crippen LogP contribution in [0.15, 0.2) is 53.4 Å². The molecule has 0 saturated heterocycles. The van der Waals surface area contributed by atoms with Crippen LogP contribution >= 0.6 is 0 Å². The Morgan fingerprint density at radius 2 is 1.74 bits per heavy atom. The third kappa shape index (κ3) is 4.53. The van der Waals surface area contributed by atoms with E-state index < -0.39 is 21.8 Å². The molecule has 3 N–H and O–H groups in total. The SMILES string of the molecule is CS(=O)(=O)c1ccc(NC(=O)CN2Cc3ccccc3C[C@H]2C(N)=O)cc1. The van der Waals surface area contributed by atoms with E-state index in [-0.39, 0.29) is 17.3 Å². The standard InChI is InChI=1S/C19H21N3O4S/c1-27(25,26)16-8-6-15(7-9-16)21-18(23)12-22-11-14-5-3-2-4-13(14)10-17(22)19(20)24/h2-9,17H,10-12H2,1H3,(H2,20,24)(H,21,23)/t17-/m0/s1. The van der Waals surface area contributed by atoms with Crippen LogP contribution < -0.4 is 11.1 Å². The molecule has 7 nitrogen and oxygen atoms in total. The van der Waals surface area contributed by atoms with Gasteiger partial charge in [-0.25, -0.2) is 8.42 Å². The highest BCUT2D eigenvalue weighted by molar-refractivity contribution is 7.90. The Morgan fingerprint density at radius 1 is 1.11 bits per heavy atom. The lowest BCUT2D eigenvalue weighted by atomic mass is 9.93. The Morgan fingerprint density at radius 3 is 2.33 bits per heavy atom. The maximum absolute atomic E-state index is 12.4. The monoisotopic (exact) mass is 387 g/mol. The number of hydrogen-bond acceptors (Lipinski definition) is 5. The van der Waals surface area contributed by atoms with Crippen LogP contribution in [0.5, 0.6) is 0 Å². The molecule has 0 saturated carbocycles. The summed E-state index contributed by atoms with van der Waals surface area (Å²) < 4.78 is 23.0. The molecule has 0 unspecified atom stereocenters. The van der Waals surface area contributed by atoms with Gasteiger partial charge in [0.25, 0.3) is 0 Å². The average molecular weight is 387 g/mol. The molecule has 0 aromatic heterocycles. The molecule has 142 valence electrons. The minimum absolute atomic E-state index is 0.00969. The molecule has 3 rings (SSSR count). The van der Waals surface area contributed by atoms with E-state index in [0.29, 0.717) is 18.7 Å². The van der Waals surface area contributed by atoms with Crippen LogP contribution in [0.1, 0.15) is 11.1 Å². The van der Waals surface area contributed by atoms with Crippen molar-refractivity contribution in [2.24, 2.45) is 5.73 Å². The molecular weight excluding hydrogens is 366 g/mol. The summed E-state index contributed by atoms with van der Waals surface area (Å²) in [6, 6.07) is 13.2. The van der Waals surface area contributed by atoms with E-state index in [9.17, 15) is 18.0 Å². The number of amides is 2. The van der Waals surface area contributed by atoms with E-state index >= 15 is 0 Å². The Kier molecular flexibility index (Phi) is 5.29. The van der Waals surface area contributed by atoms with Crippen molar-refractivity contribution >= 4 is 27.3 Å². The van der Waals surface area contributed by atoms with E-state index in [1.54, 1.807) is 4.90 Å². The van der Waals surface area contributed by atoms with Gasteiger partial charge in [0, 0.05) is 18.5 Å². The van der Waals surface area contributed by atoms with Crippen LogP contribution in [0.3, 0.4) is 0 Å². The molecule has 1 aliphatic rings. The number of nitrogens with two attached hydrogens (primary N) is 1. The number of hydrogen-bond donors (Lipinski definition) is 2. The minimum Gasteiger partial charge on any atom is -0.368 e. The number of benzene rings is 2. The van der Waals surface area contributed by atoms with Gasteiger partial charge in [-0.2, -0.15) is 0 Å². The van der Waals surface area contributed by atoms with Crippen LogP contribution in [0.4, 0.5) is 5.69 Å². The van der Waals surface area contributed by atoms with Crippen molar-refractivity contribution in [2.75, 3.05) is 18.1 Å². The van der Waals surface area contributed by atoms with Crippen molar-refractivity contribution < 1.29 is 18.0 Å². The first-order valence-corrected chi connectivity index (χ1v) is 10.3. The number of carbonyl (C=O) groups is 2. The molecule has 2 amide bonds. The van der Waals surface area contributed by atoms with Crippen LogP contribution in [-0.2, 0) is 32.4 Å². The van der Waals surface area contributed by atoms with Gasteiger partial charge in [-0.15, -0.1) is 0 Å². The highest BCUT2D eigenvalue weighted by Crippen LogP contribution is 2.23. The minimum atomic E-state index is -3.29. The van der Waals surface area contributed by atoms with Crippen molar-refractivity contribution in [2.45, 2.75) is 23.9 Å².